The molecule has 2 aliphatic heterocycles. The van der Waals surface area contributed by atoms with Crippen LogP contribution in [-0.4, -0.2) is 29.8 Å². The Balaban J connectivity index is 1.95. The summed E-state index contributed by atoms with van der Waals surface area (Å²) in [5.41, 5.74) is 1.13. The van der Waals surface area contributed by atoms with Crippen molar-refractivity contribution in [2.24, 2.45) is 5.92 Å². The second-order valence-electron chi connectivity index (χ2n) is 6.20. The van der Waals surface area contributed by atoms with E-state index in [1.807, 2.05) is 19.1 Å². The van der Waals surface area contributed by atoms with E-state index in [0.717, 1.165) is 18.4 Å². The van der Waals surface area contributed by atoms with Gasteiger partial charge in [0.2, 0.25) is 0 Å². The smallest absolute Gasteiger partial charge is 0.137 e. The van der Waals surface area contributed by atoms with Gasteiger partial charge in [0.1, 0.15) is 11.6 Å². The maximum Gasteiger partial charge on any atom is 0.137 e. The number of halogens is 1. The highest BCUT2D eigenvalue weighted by Crippen LogP contribution is 2.46. The van der Waals surface area contributed by atoms with Gasteiger partial charge in [0, 0.05) is 24.4 Å². The lowest BCUT2D eigenvalue weighted by Gasteiger charge is -2.42. The Bertz CT molecular complexity index is 498. The SMILES string of the molecule is CCC(=O)[C@H]1C(c2ccc(F)cc2)CC2CCC1N2C. The van der Waals surface area contributed by atoms with Gasteiger partial charge in [-0.1, -0.05) is 19.1 Å². The van der Waals surface area contributed by atoms with Crippen LogP contribution in [0.2, 0.25) is 0 Å². The van der Waals surface area contributed by atoms with E-state index < -0.39 is 0 Å². The molecule has 2 nitrogen and oxygen atoms in total. The van der Waals surface area contributed by atoms with Crippen molar-refractivity contribution in [3.63, 3.8) is 0 Å². The number of hydrogen-bond donors (Lipinski definition) is 0. The lowest BCUT2D eigenvalue weighted by molar-refractivity contribution is -0.126. The topological polar surface area (TPSA) is 20.3 Å². The van der Waals surface area contributed by atoms with Gasteiger partial charge in [-0.25, -0.2) is 4.39 Å². The van der Waals surface area contributed by atoms with Gasteiger partial charge in [-0.3, -0.25) is 9.69 Å². The van der Waals surface area contributed by atoms with Crippen LogP contribution >= 0.6 is 0 Å². The molecular weight excluding hydrogens is 253 g/mol. The highest BCUT2D eigenvalue weighted by Gasteiger charge is 2.48. The van der Waals surface area contributed by atoms with Crippen LogP contribution in [0.5, 0.6) is 0 Å². The molecule has 1 aromatic rings. The molecule has 0 amide bonds. The minimum Gasteiger partial charge on any atom is -0.300 e. The number of Topliss-reactive ketones (excluding diaryl/α,β-unsaturated/α-hetero) is 1. The lowest BCUT2D eigenvalue weighted by Crippen LogP contribution is -2.48. The van der Waals surface area contributed by atoms with Crippen LogP contribution in [0.25, 0.3) is 0 Å². The first-order valence-corrected chi connectivity index (χ1v) is 7.62. The van der Waals surface area contributed by atoms with Crippen molar-refractivity contribution in [2.45, 2.75) is 50.6 Å². The van der Waals surface area contributed by atoms with E-state index in [9.17, 15) is 9.18 Å². The third-order valence-corrected chi connectivity index (χ3v) is 5.29. The van der Waals surface area contributed by atoms with Crippen LogP contribution in [0.15, 0.2) is 24.3 Å². The third-order valence-electron chi connectivity index (χ3n) is 5.29. The first-order chi connectivity index (χ1) is 9.61. The summed E-state index contributed by atoms with van der Waals surface area (Å²) in [6, 6.07) is 7.71. The van der Waals surface area contributed by atoms with E-state index in [1.165, 1.54) is 18.6 Å². The molecule has 0 N–H and O–H groups in total. The van der Waals surface area contributed by atoms with E-state index in [0.29, 0.717) is 24.3 Å². The van der Waals surface area contributed by atoms with Crippen LogP contribution in [0.1, 0.15) is 44.1 Å². The van der Waals surface area contributed by atoms with Crippen LogP contribution in [0.4, 0.5) is 4.39 Å². The Morgan fingerprint density at radius 2 is 2.00 bits per heavy atom. The molecule has 20 heavy (non-hydrogen) atoms. The highest BCUT2D eigenvalue weighted by atomic mass is 19.1. The van der Waals surface area contributed by atoms with Crippen molar-refractivity contribution in [3.05, 3.63) is 35.6 Å². The molecular formula is C17H22FNO. The number of rotatable bonds is 3. The molecule has 0 spiro atoms. The van der Waals surface area contributed by atoms with Crippen LogP contribution in [-0.2, 0) is 4.79 Å². The van der Waals surface area contributed by atoms with E-state index in [4.69, 9.17) is 0 Å². The van der Waals surface area contributed by atoms with Gasteiger partial charge in [-0.05, 0) is 49.9 Å². The van der Waals surface area contributed by atoms with Crippen molar-refractivity contribution < 1.29 is 9.18 Å². The number of ketones is 1. The number of fused-ring (bicyclic) bond motifs is 2. The Kier molecular flexibility index (Phi) is 3.63. The molecule has 2 heterocycles. The number of carbonyl (C=O) groups is 1. The van der Waals surface area contributed by atoms with Crippen molar-refractivity contribution in [3.8, 4) is 0 Å². The molecule has 3 unspecified atom stereocenters. The van der Waals surface area contributed by atoms with E-state index in [2.05, 4.69) is 11.9 Å². The fourth-order valence-electron chi connectivity index (χ4n) is 4.19. The fourth-order valence-corrected chi connectivity index (χ4v) is 4.19. The van der Waals surface area contributed by atoms with Crippen LogP contribution in [0, 0.1) is 11.7 Å². The summed E-state index contributed by atoms with van der Waals surface area (Å²) in [5.74, 6) is 0.491. The molecule has 0 saturated carbocycles. The van der Waals surface area contributed by atoms with Gasteiger partial charge in [0.25, 0.3) is 0 Å². The molecule has 3 rings (SSSR count). The van der Waals surface area contributed by atoms with Gasteiger partial charge >= 0.3 is 0 Å². The average molecular weight is 275 g/mol. The van der Waals surface area contributed by atoms with Crippen molar-refractivity contribution in [2.75, 3.05) is 7.05 Å². The molecule has 2 saturated heterocycles. The zero-order valence-corrected chi connectivity index (χ0v) is 12.2. The summed E-state index contributed by atoms with van der Waals surface area (Å²) >= 11 is 0. The maximum atomic E-state index is 13.1. The number of nitrogens with zero attached hydrogens (tertiary/aromatic N) is 1. The average Bonchev–Trinajstić information content (AvgIpc) is 2.70. The van der Waals surface area contributed by atoms with Gasteiger partial charge in [0.05, 0.1) is 0 Å². The summed E-state index contributed by atoms with van der Waals surface area (Å²) in [6.45, 7) is 1.95. The van der Waals surface area contributed by atoms with E-state index >= 15 is 0 Å². The predicted molar refractivity (Wildman–Crippen MR) is 77.1 cm³/mol. The number of benzene rings is 1. The van der Waals surface area contributed by atoms with Crippen molar-refractivity contribution in [1.82, 2.24) is 4.90 Å². The van der Waals surface area contributed by atoms with Gasteiger partial charge in [0.15, 0.2) is 0 Å². The van der Waals surface area contributed by atoms with Crippen molar-refractivity contribution in [1.29, 1.82) is 0 Å². The van der Waals surface area contributed by atoms with Crippen LogP contribution in [0.3, 0.4) is 0 Å². The molecule has 108 valence electrons. The quantitative estimate of drug-likeness (QED) is 0.843. The molecule has 4 atom stereocenters. The summed E-state index contributed by atoms with van der Waals surface area (Å²) in [5, 5.41) is 0. The standard InChI is InChI=1S/C17H22FNO/c1-3-16(20)17-14(11-4-6-12(18)7-5-11)10-13-8-9-15(17)19(13)2/h4-7,13-15,17H,3,8-10H2,1-2H3/t13?,14?,15?,17-/m0/s1. The normalized spacial score (nSPS) is 33.4. The Morgan fingerprint density at radius 3 is 2.65 bits per heavy atom. The maximum absolute atomic E-state index is 13.1. The van der Waals surface area contributed by atoms with Crippen LogP contribution < -0.4 is 0 Å². The Labute approximate surface area is 120 Å². The summed E-state index contributed by atoms with van der Waals surface area (Å²) in [6.07, 6.45) is 3.92. The van der Waals surface area contributed by atoms with E-state index in [-0.39, 0.29) is 17.7 Å². The highest BCUT2D eigenvalue weighted by molar-refractivity contribution is 5.82. The summed E-state index contributed by atoms with van der Waals surface area (Å²) in [4.78, 5) is 14.9. The zero-order chi connectivity index (χ0) is 14.3. The molecule has 0 aromatic heterocycles. The summed E-state index contributed by atoms with van der Waals surface area (Å²) < 4.78 is 13.1. The number of carbonyl (C=O) groups excluding carboxylic acids is 1. The largest absolute Gasteiger partial charge is 0.300 e. The lowest BCUT2D eigenvalue weighted by atomic mass is 9.73. The molecule has 2 fully saturated rings. The Hall–Kier alpha value is -1.22. The molecule has 1 aromatic carbocycles. The Morgan fingerprint density at radius 1 is 1.30 bits per heavy atom. The number of piperidine rings is 1. The molecule has 0 aliphatic carbocycles. The second-order valence-corrected chi connectivity index (χ2v) is 6.20. The van der Waals surface area contributed by atoms with Crippen molar-refractivity contribution >= 4 is 5.78 Å². The van der Waals surface area contributed by atoms with E-state index in [1.54, 1.807) is 0 Å². The fraction of sp³-hybridized carbons (Fsp3) is 0.588. The minimum absolute atomic E-state index is 0.0780. The molecule has 2 aliphatic rings. The van der Waals surface area contributed by atoms with Gasteiger partial charge in [-0.2, -0.15) is 0 Å². The second kappa shape index (κ2) is 5.28. The molecule has 2 bridgehead atoms. The molecule has 0 radical (unpaired) electrons. The predicted octanol–water partition coefficient (Wildman–Crippen LogP) is 3.37. The zero-order valence-electron chi connectivity index (χ0n) is 12.2. The summed E-state index contributed by atoms with van der Waals surface area (Å²) in [7, 11) is 2.15. The number of hydrogen-bond acceptors (Lipinski definition) is 2. The monoisotopic (exact) mass is 275 g/mol. The third kappa shape index (κ3) is 2.18. The minimum atomic E-state index is -0.206. The van der Waals surface area contributed by atoms with Gasteiger partial charge < -0.3 is 0 Å². The first-order valence-electron chi connectivity index (χ1n) is 7.62. The molecule has 3 heteroatoms. The van der Waals surface area contributed by atoms with Gasteiger partial charge in [-0.15, -0.1) is 0 Å². The first kappa shape index (κ1) is 13.7.